The van der Waals surface area contributed by atoms with E-state index in [1.165, 1.54) is 32.6 Å². The fourth-order valence-corrected chi connectivity index (χ4v) is 7.33. The first-order valence-electron chi connectivity index (χ1n) is 10.0. The molecule has 0 spiro atoms. The molecule has 134 valence electrons. The lowest BCUT2D eigenvalue weighted by atomic mass is 9.45. The molecule has 4 saturated carbocycles. The molecule has 0 N–H and O–H groups in total. The van der Waals surface area contributed by atoms with Gasteiger partial charge < -0.3 is 4.74 Å². The van der Waals surface area contributed by atoms with Crippen molar-refractivity contribution in [1.82, 2.24) is 0 Å². The molecule has 0 aromatic rings. The largest absolute Gasteiger partial charge is 0.463 e. The van der Waals surface area contributed by atoms with Crippen molar-refractivity contribution in [3.8, 4) is 0 Å². The van der Waals surface area contributed by atoms with Gasteiger partial charge in [-0.3, -0.25) is 9.59 Å². The number of carbonyl (C=O) groups is 2. The van der Waals surface area contributed by atoms with Gasteiger partial charge in [0, 0.05) is 18.8 Å². The Labute approximate surface area is 145 Å². The molecule has 2 unspecified atom stereocenters. The van der Waals surface area contributed by atoms with E-state index in [9.17, 15) is 9.59 Å². The number of fused-ring (bicyclic) bond motifs is 5. The van der Waals surface area contributed by atoms with Crippen LogP contribution in [0.3, 0.4) is 0 Å². The first kappa shape index (κ1) is 16.6. The summed E-state index contributed by atoms with van der Waals surface area (Å²) in [6, 6.07) is 0. The number of hydrogen-bond acceptors (Lipinski definition) is 3. The van der Waals surface area contributed by atoms with E-state index in [-0.39, 0.29) is 17.5 Å². The number of ether oxygens (including phenoxy) is 1. The fraction of sp³-hybridized carbons (Fsp3) is 0.905. The van der Waals surface area contributed by atoms with E-state index >= 15 is 0 Å². The second kappa shape index (κ2) is 5.57. The highest BCUT2D eigenvalue weighted by atomic mass is 16.5. The van der Waals surface area contributed by atoms with Crippen LogP contribution >= 0.6 is 0 Å². The molecular weight excluding hydrogens is 300 g/mol. The van der Waals surface area contributed by atoms with E-state index in [1.807, 2.05) is 0 Å². The Morgan fingerprint density at radius 3 is 2.58 bits per heavy atom. The average molecular weight is 332 g/mol. The molecule has 0 heterocycles. The summed E-state index contributed by atoms with van der Waals surface area (Å²) in [4.78, 5) is 23.8. The summed E-state index contributed by atoms with van der Waals surface area (Å²) in [7, 11) is 0. The van der Waals surface area contributed by atoms with Gasteiger partial charge in [-0.2, -0.15) is 0 Å². The van der Waals surface area contributed by atoms with Crippen LogP contribution in [0.5, 0.6) is 0 Å². The second-order valence-corrected chi connectivity index (χ2v) is 9.58. The van der Waals surface area contributed by atoms with Gasteiger partial charge in [-0.1, -0.05) is 13.8 Å². The van der Waals surface area contributed by atoms with Gasteiger partial charge in [-0.25, -0.2) is 0 Å². The maximum absolute atomic E-state index is 12.5. The topological polar surface area (TPSA) is 43.4 Å². The van der Waals surface area contributed by atoms with Crippen LogP contribution in [-0.4, -0.2) is 17.9 Å². The van der Waals surface area contributed by atoms with Crippen LogP contribution in [0.2, 0.25) is 0 Å². The minimum atomic E-state index is -0.129. The lowest BCUT2D eigenvalue weighted by Crippen LogP contribution is -2.54. The number of hydrogen-bond donors (Lipinski definition) is 0. The zero-order chi connectivity index (χ0) is 17.1. The van der Waals surface area contributed by atoms with Crippen molar-refractivity contribution < 1.29 is 14.3 Å². The van der Waals surface area contributed by atoms with Gasteiger partial charge in [0.05, 0.1) is 0 Å². The van der Waals surface area contributed by atoms with Crippen LogP contribution in [0.1, 0.15) is 78.6 Å². The van der Waals surface area contributed by atoms with E-state index in [0.717, 1.165) is 43.9 Å². The third-order valence-electron chi connectivity index (χ3n) is 8.66. The maximum Gasteiger partial charge on any atom is 0.302 e. The third kappa shape index (κ3) is 2.29. The number of carbonyl (C=O) groups excluding carboxylic acids is 2. The van der Waals surface area contributed by atoms with Crippen molar-refractivity contribution >= 4 is 11.8 Å². The molecule has 0 aromatic heterocycles. The first-order valence-corrected chi connectivity index (χ1v) is 10.0. The standard InChI is InChI=1S/C21H32O3/c1-13(22)24-15-8-10-20(2)14(12-15)4-5-16-17-6-7-19(23)21(17,3)11-9-18(16)20/h14-18H,4-12H2,1-3H3/t14-,15+,16-,17-,18-,20?,21?/m0/s1. The molecule has 4 rings (SSSR count). The quantitative estimate of drug-likeness (QED) is 0.663. The molecule has 0 aliphatic heterocycles. The van der Waals surface area contributed by atoms with E-state index in [1.54, 1.807) is 0 Å². The van der Waals surface area contributed by atoms with Crippen LogP contribution in [0.15, 0.2) is 0 Å². The van der Waals surface area contributed by atoms with Crippen LogP contribution in [0, 0.1) is 34.5 Å². The van der Waals surface area contributed by atoms with Crippen molar-refractivity contribution in [1.29, 1.82) is 0 Å². The van der Waals surface area contributed by atoms with Crippen molar-refractivity contribution in [3.63, 3.8) is 0 Å². The van der Waals surface area contributed by atoms with Gasteiger partial charge in [0.15, 0.2) is 0 Å². The Morgan fingerprint density at radius 1 is 1.04 bits per heavy atom. The Morgan fingerprint density at radius 2 is 1.83 bits per heavy atom. The summed E-state index contributed by atoms with van der Waals surface area (Å²) < 4.78 is 5.54. The van der Waals surface area contributed by atoms with E-state index in [0.29, 0.717) is 23.0 Å². The molecule has 7 atom stereocenters. The molecule has 0 amide bonds. The average Bonchev–Trinajstić information content (AvgIpc) is 2.83. The number of ketones is 1. The minimum Gasteiger partial charge on any atom is -0.463 e. The van der Waals surface area contributed by atoms with Gasteiger partial charge >= 0.3 is 5.97 Å². The molecule has 4 aliphatic rings. The molecule has 3 heteroatoms. The Balaban J connectivity index is 1.54. The molecule has 0 aromatic carbocycles. The highest BCUT2D eigenvalue weighted by Gasteiger charge is 2.60. The Bertz CT molecular complexity index is 555. The van der Waals surface area contributed by atoms with Crippen molar-refractivity contribution in [2.24, 2.45) is 34.5 Å². The highest BCUT2D eigenvalue weighted by molar-refractivity contribution is 5.87. The van der Waals surface area contributed by atoms with Crippen LogP contribution in [0.25, 0.3) is 0 Å². The normalized spacial score (nSPS) is 50.6. The number of rotatable bonds is 1. The zero-order valence-corrected chi connectivity index (χ0v) is 15.5. The van der Waals surface area contributed by atoms with Crippen LogP contribution in [-0.2, 0) is 14.3 Å². The molecular formula is C21H32O3. The summed E-state index contributed by atoms with van der Waals surface area (Å²) in [6.45, 7) is 6.30. The molecule has 0 saturated heterocycles. The lowest BCUT2D eigenvalue weighted by Gasteiger charge is -2.60. The monoisotopic (exact) mass is 332 g/mol. The first-order chi connectivity index (χ1) is 11.3. The smallest absolute Gasteiger partial charge is 0.302 e. The van der Waals surface area contributed by atoms with Gasteiger partial charge in [-0.05, 0) is 80.5 Å². The van der Waals surface area contributed by atoms with Crippen molar-refractivity contribution in [2.45, 2.75) is 84.7 Å². The van der Waals surface area contributed by atoms with E-state index < -0.39 is 0 Å². The summed E-state index contributed by atoms with van der Waals surface area (Å²) in [5.41, 5.74) is 0.381. The molecule has 4 aliphatic carbocycles. The number of Topliss-reactive ketones (excluding diaryl/α,β-unsaturated/α-hetero) is 1. The Kier molecular flexibility index (Phi) is 3.85. The molecule has 24 heavy (non-hydrogen) atoms. The van der Waals surface area contributed by atoms with Gasteiger partial charge in [0.1, 0.15) is 11.9 Å². The predicted octanol–water partition coefficient (Wildman–Crippen LogP) is 4.53. The second-order valence-electron chi connectivity index (χ2n) is 9.58. The SMILES string of the molecule is CC(=O)O[C@@H]1CCC2(C)[C@@H](CC[C@H]3[C@@H]4CCC(=O)C4(C)CC[C@@H]32)C1. The van der Waals surface area contributed by atoms with Crippen LogP contribution in [0.4, 0.5) is 0 Å². The van der Waals surface area contributed by atoms with Crippen molar-refractivity contribution in [3.05, 3.63) is 0 Å². The highest BCUT2D eigenvalue weighted by Crippen LogP contribution is 2.65. The summed E-state index contributed by atoms with van der Waals surface area (Å²) in [6.07, 6.45) is 10.2. The molecule has 4 fully saturated rings. The van der Waals surface area contributed by atoms with Gasteiger partial charge in [0.2, 0.25) is 0 Å². The molecule has 0 bridgehead atoms. The number of esters is 1. The maximum atomic E-state index is 12.5. The lowest BCUT2D eigenvalue weighted by molar-refractivity contribution is -0.160. The predicted molar refractivity (Wildman–Crippen MR) is 92.3 cm³/mol. The summed E-state index contributed by atoms with van der Waals surface area (Å²) in [5.74, 6) is 3.26. The van der Waals surface area contributed by atoms with E-state index in [4.69, 9.17) is 4.74 Å². The third-order valence-corrected chi connectivity index (χ3v) is 8.66. The van der Waals surface area contributed by atoms with Crippen LogP contribution < -0.4 is 0 Å². The van der Waals surface area contributed by atoms with Crippen molar-refractivity contribution in [2.75, 3.05) is 0 Å². The molecule has 0 radical (unpaired) electrons. The summed E-state index contributed by atoms with van der Waals surface area (Å²) >= 11 is 0. The summed E-state index contributed by atoms with van der Waals surface area (Å²) in [5, 5.41) is 0. The van der Waals surface area contributed by atoms with Gasteiger partial charge in [0.25, 0.3) is 0 Å². The zero-order valence-electron chi connectivity index (χ0n) is 15.5. The fourth-order valence-electron chi connectivity index (χ4n) is 7.33. The van der Waals surface area contributed by atoms with E-state index in [2.05, 4.69) is 13.8 Å². The minimum absolute atomic E-state index is 0.0146. The molecule has 3 nitrogen and oxygen atoms in total. The Hall–Kier alpha value is -0.860. The van der Waals surface area contributed by atoms with Gasteiger partial charge in [-0.15, -0.1) is 0 Å².